The van der Waals surface area contributed by atoms with Gasteiger partial charge in [-0.3, -0.25) is 4.79 Å². The summed E-state index contributed by atoms with van der Waals surface area (Å²) in [6.45, 7) is 7.26. The number of aliphatic carboxylic acids is 1. The number of hydrogen-bond donors (Lipinski definition) is 2. The third kappa shape index (κ3) is 5.08. The molecule has 0 radical (unpaired) electrons. The molecule has 9 heteroatoms. The highest BCUT2D eigenvalue weighted by Gasteiger charge is 2.43. The number of carbonyl (C=O) groups is 3. The van der Waals surface area contributed by atoms with E-state index in [0.29, 0.717) is 39.7 Å². The van der Waals surface area contributed by atoms with Crippen LogP contribution in [0.5, 0.6) is 11.5 Å². The first kappa shape index (κ1) is 24.8. The van der Waals surface area contributed by atoms with Crippen molar-refractivity contribution in [2.45, 2.75) is 46.5 Å². The lowest BCUT2D eigenvalue weighted by Crippen LogP contribution is -2.38. The molecule has 1 aromatic rings. The van der Waals surface area contributed by atoms with E-state index in [9.17, 15) is 14.4 Å². The molecule has 1 aliphatic heterocycles. The van der Waals surface area contributed by atoms with Gasteiger partial charge in [0.15, 0.2) is 23.9 Å². The number of carboxylic acids is 1. The normalized spacial score (nSPS) is 19.6. The molecule has 1 heterocycles. The van der Waals surface area contributed by atoms with Crippen molar-refractivity contribution in [2.75, 3.05) is 20.3 Å². The molecule has 3 rings (SSSR count). The summed E-state index contributed by atoms with van der Waals surface area (Å²) in [6, 6.07) is 3.39. The zero-order valence-electron chi connectivity index (χ0n) is 19.3. The summed E-state index contributed by atoms with van der Waals surface area (Å²) in [7, 11) is 1.44. The quantitative estimate of drug-likeness (QED) is 0.516. The third-order valence-corrected chi connectivity index (χ3v) is 6.25. The van der Waals surface area contributed by atoms with Gasteiger partial charge in [-0.2, -0.15) is 0 Å². The zero-order chi connectivity index (χ0) is 24.5. The lowest BCUT2D eigenvalue weighted by atomic mass is 9.68. The van der Waals surface area contributed by atoms with Crippen LogP contribution in [0, 0.1) is 5.41 Å². The molecule has 1 unspecified atom stereocenters. The SMILES string of the molecule is CCOC(=O)C1=C(C)NC2=C(C(=O)CC(C)(C)C2)C1c1cc(Br)c(OCC(=O)O)c(OC)c1. The Hall–Kier alpha value is -2.81. The van der Waals surface area contributed by atoms with Crippen LogP contribution in [0.2, 0.25) is 0 Å². The second kappa shape index (κ2) is 9.59. The Kier molecular flexibility index (Phi) is 7.21. The number of ketones is 1. The zero-order valence-corrected chi connectivity index (χ0v) is 20.9. The standard InChI is InChI=1S/C24H28BrNO7/c1-6-32-23(30)19-12(2)26-15-9-24(3,4)10-16(27)21(15)20(19)13-7-14(25)22(17(8-13)31-5)33-11-18(28)29/h7-8,20,26H,6,9-11H2,1-5H3,(H,28,29). The monoisotopic (exact) mass is 521 g/mol. The highest BCUT2D eigenvalue weighted by Crippen LogP contribution is 2.49. The number of ether oxygens (including phenoxy) is 3. The van der Waals surface area contributed by atoms with Gasteiger partial charge in [-0.15, -0.1) is 0 Å². The number of methoxy groups -OCH3 is 1. The van der Waals surface area contributed by atoms with E-state index in [1.54, 1.807) is 26.0 Å². The van der Waals surface area contributed by atoms with Gasteiger partial charge in [-0.1, -0.05) is 13.8 Å². The lowest BCUT2D eigenvalue weighted by Gasteiger charge is -2.39. The van der Waals surface area contributed by atoms with E-state index in [1.807, 2.05) is 13.8 Å². The lowest BCUT2D eigenvalue weighted by molar-refractivity contribution is -0.140. The predicted molar refractivity (Wildman–Crippen MR) is 124 cm³/mol. The van der Waals surface area contributed by atoms with Gasteiger partial charge in [0.25, 0.3) is 0 Å². The molecule has 0 fully saturated rings. The summed E-state index contributed by atoms with van der Waals surface area (Å²) in [5.74, 6) is -1.82. The van der Waals surface area contributed by atoms with Crippen molar-refractivity contribution >= 4 is 33.7 Å². The third-order valence-electron chi connectivity index (χ3n) is 5.66. The summed E-state index contributed by atoms with van der Waals surface area (Å²) >= 11 is 3.43. The molecular weight excluding hydrogens is 494 g/mol. The van der Waals surface area contributed by atoms with Crippen LogP contribution in [0.1, 0.15) is 52.0 Å². The fourth-order valence-electron chi connectivity index (χ4n) is 4.43. The fraction of sp³-hybridized carbons (Fsp3) is 0.458. The first-order valence-corrected chi connectivity index (χ1v) is 11.4. The average molecular weight is 522 g/mol. The molecule has 0 amide bonds. The second-order valence-corrected chi connectivity index (χ2v) is 9.72. The maximum atomic E-state index is 13.3. The summed E-state index contributed by atoms with van der Waals surface area (Å²) in [6.07, 6.45) is 1.02. The summed E-state index contributed by atoms with van der Waals surface area (Å²) in [5, 5.41) is 12.3. The van der Waals surface area contributed by atoms with Crippen molar-refractivity contribution in [1.29, 1.82) is 0 Å². The number of dihydropyridines is 1. The molecule has 2 aliphatic rings. The molecule has 0 saturated heterocycles. The number of esters is 1. The van der Waals surface area contributed by atoms with Crippen LogP contribution in [0.4, 0.5) is 0 Å². The number of nitrogens with one attached hydrogen (secondary N) is 1. The summed E-state index contributed by atoms with van der Waals surface area (Å²) in [5.41, 5.74) is 2.75. The van der Waals surface area contributed by atoms with E-state index in [0.717, 1.165) is 5.70 Å². The van der Waals surface area contributed by atoms with Gasteiger partial charge in [0.2, 0.25) is 0 Å². The smallest absolute Gasteiger partial charge is 0.341 e. The van der Waals surface area contributed by atoms with E-state index >= 15 is 0 Å². The molecule has 1 aromatic carbocycles. The molecule has 0 spiro atoms. The number of allylic oxidation sites excluding steroid dienone is 3. The largest absolute Gasteiger partial charge is 0.493 e. The number of carbonyl (C=O) groups excluding carboxylic acids is 2. The number of benzene rings is 1. The van der Waals surface area contributed by atoms with Gasteiger partial charge in [-0.05, 0) is 59.3 Å². The molecule has 178 valence electrons. The van der Waals surface area contributed by atoms with Crippen LogP contribution in [-0.4, -0.2) is 43.2 Å². The van der Waals surface area contributed by atoms with Crippen LogP contribution in [0.15, 0.2) is 39.1 Å². The molecule has 2 N–H and O–H groups in total. The molecule has 0 bridgehead atoms. The van der Waals surface area contributed by atoms with E-state index in [4.69, 9.17) is 19.3 Å². The van der Waals surface area contributed by atoms with Crippen LogP contribution < -0.4 is 14.8 Å². The Morgan fingerprint density at radius 3 is 2.58 bits per heavy atom. The Balaban J connectivity index is 2.20. The van der Waals surface area contributed by atoms with Gasteiger partial charge in [0, 0.05) is 29.3 Å². The van der Waals surface area contributed by atoms with Crippen LogP contribution in [0.25, 0.3) is 0 Å². The predicted octanol–water partition coefficient (Wildman–Crippen LogP) is 4.09. The van der Waals surface area contributed by atoms with Crippen molar-refractivity contribution in [3.63, 3.8) is 0 Å². The van der Waals surface area contributed by atoms with E-state index < -0.39 is 24.5 Å². The van der Waals surface area contributed by atoms with Crippen LogP contribution >= 0.6 is 15.9 Å². The molecule has 0 aromatic heterocycles. The highest BCUT2D eigenvalue weighted by molar-refractivity contribution is 9.10. The Bertz CT molecular complexity index is 1070. The maximum Gasteiger partial charge on any atom is 0.341 e. The number of Topliss-reactive ketones (excluding diaryl/α,β-unsaturated/α-hetero) is 1. The minimum atomic E-state index is -1.13. The van der Waals surface area contributed by atoms with Gasteiger partial charge in [0.1, 0.15) is 0 Å². The van der Waals surface area contributed by atoms with Gasteiger partial charge < -0.3 is 24.6 Å². The van der Waals surface area contributed by atoms with E-state index in [1.165, 1.54) is 7.11 Å². The van der Waals surface area contributed by atoms with Crippen molar-refractivity contribution in [2.24, 2.45) is 5.41 Å². The molecule has 1 aliphatic carbocycles. The number of halogens is 1. The molecule has 1 atom stereocenters. The molecular formula is C24H28BrNO7. The first-order valence-electron chi connectivity index (χ1n) is 10.6. The van der Waals surface area contributed by atoms with Gasteiger partial charge in [-0.25, -0.2) is 9.59 Å². The van der Waals surface area contributed by atoms with Crippen LogP contribution in [-0.2, 0) is 19.1 Å². The number of hydrogen-bond acceptors (Lipinski definition) is 7. The van der Waals surface area contributed by atoms with Crippen molar-refractivity contribution in [3.8, 4) is 11.5 Å². The topological polar surface area (TPSA) is 111 Å². The first-order chi connectivity index (χ1) is 15.5. The van der Waals surface area contributed by atoms with Crippen molar-refractivity contribution < 1.29 is 33.7 Å². The summed E-state index contributed by atoms with van der Waals surface area (Å²) in [4.78, 5) is 37.3. The molecule has 0 saturated carbocycles. The Labute approximate surface area is 201 Å². The second-order valence-electron chi connectivity index (χ2n) is 8.87. The van der Waals surface area contributed by atoms with Gasteiger partial charge in [0.05, 0.1) is 23.8 Å². The summed E-state index contributed by atoms with van der Waals surface area (Å²) < 4.78 is 16.6. The van der Waals surface area contributed by atoms with E-state index in [-0.39, 0.29) is 29.3 Å². The Morgan fingerprint density at radius 2 is 1.97 bits per heavy atom. The highest BCUT2D eigenvalue weighted by atomic mass is 79.9. The minimum absolute atomic E-state index is 0.0330. The van der Waals surface area contributed by atoms with Crippen LogP contribution in [0.3, 0.4) is 0 Å². The number of rotatable bonds is 7. The molecule has 8 nitrogen and oxygen atoms in total. The fourth-order valence-corrected chi connectivity index (χ4v) is 5.00. The minimum Gasteiger partial charge on any atom is -0.493 e. The van der Waals surface area contributed by atoms with Crippen molar-refractivity contribution in [3.05, 3.63) is 44.7 Å². The maximum absolute atomic E-state index is 13.3. The van der Waals surface area contributed by atoms with Crippen molar-refractivity contribution in [1.82, 2.24) is 5.32 Å². The number of carboxylic acid groups (broad SMARTS) is 1. The average Bonchev–Trinajstić information content (AvgIpc) is 2.70. The van der Waals surface area contributed by atoms with E-state index in [2.05, 4.69) is 21.2 Å². The molecule has 33 heavy (non-hydrogen) atoms. The Morgan fingerprint density at radius 1 is 1.27 bits per heavy atom. The van der Waals surface area contributed by atoms with Gasteiger partial charge >= 0.3 is 11.9 Å².